The van der Waals surface area contributed by atoms with Gasteiger partial charge in [-0.15, -0.1) is 0 Å². The normalized spacial score (nSPS) is 22.4. The van der Waals surface area contributed by atoms with Gasteiger partial charge in [0.2, 0.25) is 11.7 Å². The summed E-state index contributed by atoms with van der Waals surface area (Å²) in [6.45, 7) is 7.53. The van der Waals surface area contributed by atoms with Gasteiger partial charge in [0.25, 0.3) is 0 Å². The minimum atomic E-state index is -0.0762. The first-order valence-electron chi connectivity index (χ1n) is 7.41. The average molecular weight is 282 g/mol. The molecule has 1 aliphatic rings. The molecule has 0 aliphatic carbocycles. The first kappa shape index (κ1) is 15.4. The van der Waals surface area contributed by atoms with Crippen LogP contribution in [0.5, 0.6) is 0 Å². The van der Waals surface area contributed by atoms with Crippen molar-refractivity contribution in [2.45, 2.75) is 32.8 Å². The molecule has 1 unspecified atom stereocenters. The number of nitrogens with two attached hydrogens (primary N) is 1. The van der Waals surface area contributed by atoms with Gasteiger partial charge >= 0.3 is 0 Å². The molecule has 0 saturated carbocycles. The van der Waals surface area contributed by atoms with Crippen LogP contribution in [0.15, 0.2) is 4.52 Å². The zero-order chi connectivity index (χ0) is 14.5. The van der Waals surface area contributed by atoms with Crippen molar-refractivity contribution >= 4 is 0 Å². The standard InChI is InChI=1S/C14H26N4O2/c1-10(2)6-11(8-15)7-13-16-14(17-20-13)12-9-18(3)4-5-19-12/h10-12H,4-9,15H2,1-3H3/t11-,12?/m0/s1. The fourth-order valence-electron chi connectivity index (χ4n) is 2.59. The Morgan fingerprint density at radius 2 is 2.25 bits per heavy atom. The second-order valence-corrected chi connectivity index (χ2v) is 6.10. The molecule has 0 aromatic carbocycles. The predicted octanol–water partition coefficient (Wildman–Crippen LogP) is 1.24. The maximum absolute atomic E-state index is 5.82. The molecule has 1 fully saturated rings. The molecule has 2 N–H and O–H groups in total. The summed E-state index contributed by atoms with van der Waals surface area (Å²) in [5.74, 6) is 2.36. The van der Waals surface area contributed by atoms with Gasteiger partial charge in [-0.25, -0.2) is 0 Å². The van der Waals surface area contributed by atoms with E-state index < -0.39 is 0 Å². The summed E-state index contributed by atoms with van der Waals surface area (Å²) in [4.78, 5) is 6.69. The molecule has 1 aromatic rings. The van der Waals surface area contributed by atoms with E-state index in [1.807, 2.05) is 0 Å². The molecule has 0 bridgehead atoms. The molecule has 6 nitrogen and oxygen atoms in total. The molecule has 6 heteroatoms. The lowest BCUT2D eigenvalue weighted by Crippen LogP contribution is -2.35. The third kappa shape index (κ3) is 4.26. The highest BCUT2D eigenvalue weighted by molar-refractivity contribution is 4.94. The number of rotatable bonds is 6. The Hall–Kier alpha value is -0.980. The topological polar surface area (TPSA) is 77.4 Å². The van der Waals surface area contributed by atoms with E-state index in [4.69, 9.17) is 15.0 Å². The van der Waals surface area contributed by atoms with Crippen molar-refractivity contribution in [2.24, 2.45) is 17.6 Å². The van der Waals surface area contributed by atoms with Gasteiger partial charge in [0.1, 0.15) is 6.10 Å². The van der Waals surface area contributed by atoms with Crippen molar-refractivity contribution in [3.8, 4) is 0 Å². The zero-order valence-electron chi connectivity index (χ0n) is 12.7. The second-order valence-electron chi connectivity index (χ2n) is 6.10. The minimum Gasteiger partial charge on any atom is -0.367 e. The molecule has 114 valence electrons. The molecule has 1 aliphatic heterocycles. The largest absolute Gasteiger partial charge is 0.367 e. The minimum absolute atomic E-state index is 0.0762. The number of hydrogen-bond donors (Lipinski definition) is 1. The van der Waals surface area contributed by atoms with Crippen LogP contribution >= 0.6 is 0 Å². The monoisotopic (exact) mass is 282 g/mol. The molecule has 1 saturated heterocycles. The Bertz CT molecular complexity index is 408. The van der Waals surface area contributed by atoms with Crippen LogP contribution in [0, 0.1) is 11.8 Å². The average Bonchev–Trinajstić information content (AvgIpc) is 2.86. The van der Waals surface area contributed by atoms with Crippen LogP contribution in [-0.2, 0) is 11.2 Å². The summed E-state index contributed by atoms with van der Waals surface area (Å²) in [7, 11) is 2.07. The number of hydrogen-bond acceptors (Lipinski definition) is 6. The van der Waals surface area contributed by atoms with Crippen LogP contribution in [0.25, 0.3) is 0 Å². The Morgan fingerprint density at radius 3 is 2.90 bits per heavy atom. The fourth-order valence-corrected chi connectivity index (χ4v) is 2.59. The van der Waals surface area contributed by atoms with E-state index in [9.17, 15) is 0 Å². The third-order valence-corrected chi connectivity index (χ3v) is 3.64. The van der Waals surface area contributed by atoms with E-state index in [2.05, 4.69) is 35.9 Å². The van der Waals surface area contributed by atoms with Crippen LogP contribution in [-0.4, -0.2) is 48.3 Å². The summed E-state index contributed by atoms with van der Waals surface area (Å²) in [5, 5.41) is 4.06. The van der Waals surface area contributed by atoms with Gasteiger partial charge in [-0.2, -0.15) is 4.98 Å². The summed E-state index contributed by atoms with van der Waals surface area (Å²) in [6.07, 6.45) is 1.76. The maximum Gasteiger partial charge on any atom is 0.227 e. The van der Waals surface area contributed by atoms with Crippen LogP contribution in [0.1, 0.15) is 38.1 Å². The lowest BCUT2D eigenvalue weighted by molar-refractivity contribution is -0.0264. The Balaban J connectivity index is 1.94. The van der Waals surface area contributed by atoms with Gasteiger partial charge in [-0.1, -0.05) is 19.0 Å². The fraction of sp³-hybridized carbons (Fsp3) is 0.857. The predicted molar refractivity (Wildman–Crippen MR) is 76.2 cm³/mol. The molecule has 0 radical (unpaired) electrons. The molecule has 0 amide bonds. The first-order valence-corrected chi connectivity index (χ1v) is 7.41. The molecule has 2 atom stereocenters. The van der Waals surface area contributed by atoms with Crippen molar-refractivity contribution in [2.75, 3.05) is 33.3 Å². The third-order valence-electron chi connectivity index (χ3n) is 3.64. The summed E-state index contributed by atoms with van der Waals surface area (Å²) in [6, 6.07) is 0. The van der Waals surface area contributed by atoms with Crippen LogP contribution in [0.4, 0.5) is 0 Å². The molecule has 1 aromatic heterocycles. The molecular weight excluding hydrogens is 256 g/mol. The summed E-state index contributed by atoms with van der Waals surface area (Å²) in [5.41, 5.74) is 5.82. The van der Waals surface area contributed by atoms with Gasteiger partial charge < -0.3 is 19.9 Å². The van der Waals surface area contributed by atoms with Crippen LogP contribution in [0.3, 0.4) is 0 Å². The molecule has 20 heavy (non-hydrogen) atoms. The lowest BCUT2D eigenvalue weighted by atomic mass is 9.94. The van der Waals surface area contributed by atoms with Crippen molar-refractivity contribution in [1.82, 2.24) is 15.0 Å². The molecule has 0 spiro atoms. The Kier molecular flexibility index (Phi) is 5.51. The molecular formula is C14H26N4O2. The first-order chi connectivity index (χ1) is 9.58. The van der Waals surface area contributed by atoms with Gasteiger partial charge in [-0.05, 0) is 31.8 Å². The zero-order valence-corrected chi connectivity index (χ0v) is 12.7. The lowest BCUT2D eigenvalue weighted by Gasteiger charge is -2.27. The van der Waals surface area contributed by atoms with Gasteiger partial charge in [0.15, 0.2) is 0 Å². The summed E-state index contributed by atoms with van der Waals surface area (Å²) < 4.78 is 11.0. The molecule has 2 heterocycles. The highest BCUT2D eigenvalue weighted by atomic mass is 16.5. The van der Waals surface area contributed by atoms with Gasteiger partial charge in [-0.3, -0.25) is 0 Å². The van der Waals surface area contributed by atoms with E-state index in [0.29, 0.717) is 36.7 Å². The highest BCUT2D eigenvalue weighted by Gasteiger charge is 2.25. The number of aromatic nitrogens is 2. The smallest absolute Gasteiger partial charge is 0.227 e. The van der Waals surface area contributed by atoms with E-state index in [1.54, 1.807) is 0 Å². The number of nitrogens with zero attached hydrogens (tertiary/aromatic N) is 3. The van der Waals surface area contributed by atoms with E-state index in [-0.39, 0.29) is 6.10 Å². The van der Waals surface area contributed by atoms with Crippen molar-refractivity contribution in [3.63, 3.8) is 0 Å². The maximum atomic E-state index is 5.82. The van der Waals surface area contributed by atoms with Crippen molar-refractivity contribution < 1.29 is 9.26 Å². The van der Waals surface area contributed by atoms with Crippen LogP contribution < -0.4 is 5.73 Å². The number of ether oxygens (including phenoxy) is 1. The Labute approximate surface area is 120 Å². The Morgan fingerprint density at radius 1 is 1.45 bits per heavy atom. The quantitative estimate of drug-likeness (QED) is 0.845. The van der Waals surface area contributed by atoms with Crippen molar-refractivity contribution in [3.05, 3.63) is 11.7 Å². The second kappa shape index (κ2) is 7.15. The van der Waals surface area contributed by atoms with Crippen LogP contribution in [0.2, 0.25) is 0 Å². The van der Waals surface area contributed by atoms with E-state index in [0.717, 1.165) is 25.9 Å². The van der Waals surface area contributed by atoms with E-state index in [1.165, 1.54) is 0 Å². The van der Waals surface area contributed by atoms with E-state index >= 15 is 0 Å². The summed E-state index contributed by atoms with van der Waals surface area (Å²) >= 11 is 0. The highest BCUT2D eigenvalue weighted by Crippen LogP contribution is 2.21. The van der Waals surface area contributed by atoms with Gasteiger partial charge in [0.05, 0.1) is 6.61 Å². The van der Waals surface area contributed by atoms with Gasteiger partial charge in [0, 0.05) is 19.5 Å². The number of morpholine rings is 1. The molecule has 2 rings (SSSR count). The van der Waals surface area contributed by atoms with Crippen molar-refractivity contribution in [1.29, 1.82) is 0 Å². The SMILES string of the molecule is CC(C)C[C@H](CN)Cc1nc(C2CN(C)CCO2)no1. The number of likely N-dealkylation sites (N-methyl/N-ethyl adjacent to an activating group) is 1.